The summed E-state index contributed by atoms with van der Waals surface area (Å²) in [6, 6.07) is 15.7. The van der Waals surface area contributed by atoms with Crippen molar-refractivity contribution in [1.82, 2.24) is 5.32 Å². The van der Waals surface area contributed by atoms with Gasteiger partial charge in [-0.15, -0.1) is 0 Å². The van der Waals surface area contributed by atoms with Gasteiger partial charge >= 0.3 is 0 Å². The third-order valence-corrected chi connectivity index (χ3v) is 3.97. The van der Waals surface area contributed by atoms with E-state index in [-0.39, 0.29) is 12.5 Å². The Morgan fingerprint density at radius 1 is 1.19 bits per heavy atom. The highest BCUT2D eigenvalue weighted by molar-refractivity contribution is 9.10. The minimum atomic E-state index is -0.105. The lowest BCUT2D eigenvalue weighted by Gasteiger charge is -2.08. The number of aryl methyl sites for hydroxylation is 1. The molecule has 0 heterocycles. The summed E-state index contributed by atoms with van der Waals surface area (Å²) in [7, 11) is 0. The van der Waals surface area contributed by atoms with Crippen LogP contribution in [-0.2, 0) is 11.2 Å². The topological polar surface area (TPSA) is 38.3 Å². The second-order valence-corrected chi connectivity index (χ2v) is 5.64. The predicted molar refractivity (Wildman–Crippen MR) is 87.5 cm³/mol. The zero-order valence-electron chi connectivity index (χ0n) is 11.9. The lowest BCUT2D eigenvalue weighted by Crippen LogP contribution is -2.30. The van der Waals surface area contributed by atoms with Crippen molar-refractivity contribution in [3.8, 4) is 5.75 Å². The van der Waals surface area contributed by atoms with Crippen molar-refractivity contribution in [2.45, 2.75) is 13.3 Å². The van der Waals surface area contributed by atoms with Crippen LogP contribution in [0.3, 0.4) is 0 Å². The molecule has 0 bridgehead atoms. The Kier molecular flexibility index (Phi) is 5.81. The fraction of sp³-hybridized carbons (Fsp3) is 0.235. The number of amides is 1. The maximum Gasteiger partial charge on any atom is 0.257 e. The standard InChI is InChI=1S/C17H18BrNO2/c1-13-11-15(7-8-16(13)18)21-12-17(20)19-10-9-14-5-3-2-4-6-14/h2-8,11H,9-10,12H2,1H3,(H,19,20). The number of carbonyl (C=O) groups excluding carboxylic acids is 1. The molecule has 21 heavy (non-hydrogen) atoms. The summed E-state index contributed by atoms with van der Waals surface area (Å²) >= 11 is 3.43. The Hall–Kier alpha value is -1.81. The van der Waals surface area contributed by atoms with Crippen molar-refractivity contribution >= 4 is 21.8 Å². The number of hydrogen-bond donors (Lipinski definition) is 1. The molecule has 1 amide bonds. The van der Waals surface area contributed by atoms with Crippen LogP contribution in [0.15, 0.2) is 53.0 Å². The molecule has 0 atom stereocenters. The fourth-order valence-corrected chi connectivity index (χ4v) is 2.14. The second kappa shape index (κ2) is 7.84. The van der Waals surface area contributed by atoms with Gasteiger partial charge in [-0.2, -0.15) is 0 Å². The van der Waals surface area contributed by atoms with Crippen molar-refractivity contribution in [3.05, 3.63) is 64.1 Å². The smallest absolute Gasteiger partial charge is 0.257 e. The van der Waals surface area contributed by atoms with E-state index in [9.17, 15) is 4.79 Å². The van der Waals surface area contributed by atoms with Gasteiger partial charge in [0.05, 0.1) is 0 Å². The Balaban J connectivity index is 1.71. The van der Waals surface area contributed by atoms with Crippen molar-refractivity contribution < 1.29 is 9.53 Å². The first kappa shape index (κ1) is 15.6. The highest BCUT2D eigenvalue weighted by Crippen LogP contribution is 2.21. The molecule has 3 nitrogen and oxygen atoms in total. The quantitative estimate of drug-likeness (QED) is 0.868. The van der Waals surface area contributed by atoms with Gasteiger partial charge in [-0.3, -0.25) is 4.79 Å². The van der Waals surface area contributed by atoms with Crippen molar-refractivity contribution in [2.24, 2.45) is 0 Å². The molecule has 0 aliphatic carbocycles. The van der Waals surface area contributed by atoms with E-state index >= 15 is 0 Å². The number of nitrogens with one attached hydrogen (secondary N) is 1. The van der Waals surface area contributed by atoms with Crippen LogP contribution in [0, 0.1) is 6.92 Å². The Morgan fingerprint density at radius 3 is 2.67 bits per heavy atom. The maximum atomic E-state index is 11.7. The van der Waals surface area contributed by atoms with Crippen LogP contribution in [0.4, 0.5) is 0 Å². The summed E-state index contributed by atoms with van der Waals surface area (Å²) in [5, 5.41) is 2.85. The molecular formula is C17H18BrNO2. The fourth-order valence-electron chi connectivity index (χ4n) is 1.90. The number of benzene rings is 2. The van der Waals surface area contributed by atoms with Crippen LogP contribution >= 0.6 is 15.9 Å². The van der Waals surface area contributed by atoms with Gasteiger partial charge in [0.1, 0.15) is 5.75 Å². The molecule has 1 N–H and O–H groups in total. The number of rotatable bonds is 6. The Morgan fingerprint density at radius 2 is 1.95 bits per heavy atom. The van der Waals surface area contributed by atoms with Crippen LogP contribution in [0.25, 0.3) is 0 Å². The van der Waals surface area contributed by atoms with Crippen LogP contribution in [0.2, 0.25) is 0 Å². The molecule has 0 unspecified atom stereocenters. The number of hydrogen-bond acceptors (Lipinski definition) is 2. The molecule has 0 saturated heterocycles. The molecule has 2 rings (SSSR count). The Labute approximate surface area is 133 Å². The van der Waals surface area contributed by atoms with E-state index in [0.717, 1.165) is 16.5 Å². The molecule has 2 aromatic rings. The minimum absolute atomic E-state index is 0.0376. The molecular weight excluding hydrogens is 330 g/mol. The molecule has 0 aliphatic rings. The highest BCUT2D eigenvalue weighted by atomic mass is 79.9. The van der Waals surface area contributed by atoms with Crippen molar-refractivity contribution in [3.63, 3.8) is 0 Å². The summed E-state index contributed by atoms with van der Waals surface area (Å²) < 4.78 is 6.50. The molecule has 4 heteroatoms. The monoisotopic (exact) mass is 347 g/mol. The van der Waals surface area contributed by atoms with Crippen LogP contribution in [0.5, 0.6) is 5.75 Å². The van der Waals surface area contributed by atoms with E-state index in [1.54, 1.807) is 0 Å². The number of halogens is 1. The first-order chi connectivity index (χ1) is 10.1. The lowest BCUT2D eigenvalue weighted by molar-refractivity contribution is -0.123. The van der Waals surface area contributed by atoms with Crippen molar-refractivity contribution in [2.75, 3.05) is 13.2 Å². The van der Waals surface area contributed by atoms with Crippen LogP contribution < -0.4 is 10.1 Å². The van der Waals surface area contributed by atoms with Gasteiger partial charge in [0.25, 0.3) is 5.91 Å². The number of carbonyl (C=O) groups is 1. The molecule has 0 saturated carbocycles. The number of ether oxygens (including phenoxy) is 1. The SMILES string of the molecule is Cc1cc(OCC(=O)NCCc2ccccc2)ccc1Br. The van der Waals surface area contributed by atoms with Gasteiger partial charge < -0.3 is 10.1 Å². The van der Waals surface area contributed by atoms with E-state index in [1.807, 2.05) is 55.5 Å². The zero-order chi connectivity index (χ0) is 15.1. The summed E-state index contributed by atoms with van der Waals surface area (Å²) in [5.74, 6) is 0.598. The van der Waals surface area contributed by atoms with Crippen LogP contribution in [0.1, 0.15) is 11.1 Å². The molecule has 0 spiro atoms. The molecule has 0 aliphatic heterocycles. The zero-order valence-corrected chi connectivity index (χ0v) is 13.5. The first-order valence-electron chi connectivity index (χ1n) is 6.85. The summed E-state index contributed by atoms with van der Waals surface area (Å²) in [4.78, 5) is 11.7. The average Bonchev–Trinajstić information content (AvgIpc) is 2.49. The maximum absolute atomic E-state index is 11.7. The highest BCUT2D eigenvalue weighted by Gasteiger charge is 2.03. The normalized spacial score (nSPS) is 10.2. The predicted octanol–water partition coefficient (Wildman–Crippen LogP) is 3.50. The molecule has 0 radical (unpaired) electrons. The summed E-state index contributed by atoms with van der Waals surface area (Å²) in [6.07, 6.45) is 0.823. The third kappa shape index (κ3) is 5.23. The van der Waals surface area contributed by atoms with Gasteiger partial charge in [0, 0.05) is 11.0 Å². The van der Waals surface area contributed by atoms with Gasteiger partial charge in [0.15, 0.2) is 6.61 Å². The average molecular weight is 348 g/mol. The minimum Gasteiger partial charge on any atom is -0.484 e. The molecule has 2 aromatic carbocycles. The first-order valence-corrected chi connectivity index (χ1v) is 7.64. The van der Waals surface area contributed by atoms with E-state index in [2.05, 4.69) is 21.2 Å². The molecule has 0 aromatic heterocycles. The summed E-state index contributed by atoms with van der Waals surface area (Å²) in [5.41, 5.74) is 2.29. The van der Waals surface area contributed by atoms with E-state index in [0.29, 0.717) is 12.3 Å². The lowest BCUT2D eigenvalue weighted by atomic mass is 10.1. The summed E-state index contributed by atoms with van der Waals surface area (Å²) in [6.45, 7) is 2.64. The third-order valence-electron chi connectivity index (χ3n) is 3.08. The van der Waals surface area contributed by atoms with Gasteiger partial charge in [0.2, 0.25) is 0 Å². The largest absolute Gasteiger partial charge is 0.484 e. The Bertz CT molecular complexity index is 599. The van der Waals surface area contributed by atoms with E-state index in [1.165, 1.54) is 5.56 Å². The van der Waals surface area contributed by atoms with Crippen LogP contribution in [-0.4, -0.2) is 19.1 Å². The van der Waals surface area contributed by atoms with Gasteiger partial charge in [-0.1, -0.05) is 46.3 Å². The van der Waals surface area contributed by atoms with Gasteiger partial charge in [-0.05, 0) is 42.7 Å². The van der Waals surface area contributed by atoms with E-state index < -0.39 is 0 Å². The molecule has 0 fully saturated rings. The van der Waals surface area contributed by atoms with E-state index in [4.69, 9.17) is 4.74 Å². The van der Waals surface area contributed by atoms with Crippen molar-refractivity contribution in [1.29, 1.82) is 0 Å². The second-order valence-electron chi connectivity index (χ2n) is 4.79. The molecule has 110 valence electrons. The van der Waals surface area contributed by atoms with Gasteiger partial charge in [-0.25, -0.2) is 0 Å².